The molecule has 0 bridgehead atoms. The van der Waals surface area contributed by atoms with Crippen LogP contribution in [-0.2, 0) is 11.3 Å². The Morgan fingerprint density at radius 3 is 2.95 bits per heavy atom. The number of pyridine rings is 1. The van der Waals surface area contributed by atoms with Crippen LogP contribution in [0.1, 0.15) is 37.1 Å². The Bertz CT molecular complexity index is 448. The van der Waals surface area contributed by atoms with Crippen LogP contribution in [-0.4, -0.2) is 37.3 Å². The molecule has 0 saturated carbocycles. The molecule has 0 amide bonds. The van der Waals surface area contributed by atoms with Gasteiger partial charge in [0.05, 0.1) is 12.7 Å². The summed E-state index contributed by atoms with van der Waals surface area (Å²) >= 11 is 0. The third-order valence-corrected chi connectivity index (χ3v) is 3.72. The average Bonchev–Trinajstić information content (AvgIpc) is 2.41. The number of hydrogen-bond acceptors (Lipinski definition) is 4. The number of ether oxygens (including phenoxy) is 1. The van der Waals surface area contributed by atoms with Crippen molar-refractivity contribution in [2.24, 2.45) is 0 Å². The van der Waals surface area contributed by atoms with Gasteiger partial charge in [0.15, 0.2) is 0 Å². The van der Waals surface area contributed by atoms with Gasteiger partial charge in [0, 0.05) is 30.9 Å². The zero-order valence-electron chi connectivity index (χ0n) is 13.2. The van der Waals surface area contributed by atoms with E-state index in [1.807, 2.05) is 0 Å². The quantitative estimate of drug-likeness (QED) is 0.839. The maximum Gasteiger partial charge on any atom is 0.133 e. The summed E-state index contributed by atoms with van der Waals surface area (Å²) in [5, 5.41) is 3.50. The maximum atomic E-state index is 5.64. The lowest BCUT2D eigenvalue weighted by atomic mass is 10.1. The van der Waals surface area contributed by atoms with Crippen LogP contribution in [0, 0.1) is 13.8 Å². The summed E-state index contributed by atoms with van der Waals surface area (Å²) in [6.45, 7) is 13.2. The van der Waals surface area contributed by atoms with Crippen molar-refractivity contribution in [1.82, 2.24) is 10.3 Å². The van der Waals surface area contributed by atoms with Gasteiger partial charge in [-0.15, -0.1) is 0 Å². The molecule has 112 valence electrons. The maximum absolute atomic E-state index is 5.64. The molecule has 0 radical (unpaired) electrons. The Hall–Kier alpha value is -1.13. The van der Waals surface area contributed by atoms with Gasteiger partial charge in [0.1, 0.15) is 5.82 Å². The molecule has 0 spiro atoms. The van der Waals surface area contributed by atoms with Crippen LogP contribution in [0.4, 0.5) is 5.82 Å². The summed E-state index contributed by atoms with van der Waals surface area (Å²) in [6, 6.07) is 2.18. The Balaban J connectivity index is 2.24. The predicted octanol–water partition coefficient (Wildman–Crippen LogP) is 2.42. The molecule has 1 saturated heterocycles. The van der Waals surface area contributed by atoms with Crippen LogP contribution >= 0.6 is 0 Å². The number of anilines is 1. The second kappa shape index (κ2) is 7.04. The Kier molecular flexibility index (Phi) is 5.38. The van der Waals surface area contributed by atoms with Gasteiger partial charge in [-0.1, -0.05) is 6.92 Å². The highest BCUT2D eigenvalue weighted by Crippen LogP contribution is 2.24. The third kappa shape index (κ3) is 3.70. The van der Waals surface area contributed by atoms with Gasteiger partial charge in [-0.3, -0.25) is 0 Å². The molecule has 4 nitrogen and oxygen atoms in total. The van der Waals surface area contributed by atoms with Crippen LogP contribution < -0.4 is 10.2 Å². The molecule has 1 aromatic rings. The zero-order chi connectivity index (χ0) is 14.5. The van der Waals surface area contributed by atoms with Gasteiger partial charge in [0.2, 0.25) is 0 Å². The van der Waals surface area contributed by atoms with Crippen molar-refractivity contribution in [3.8, 4) is 0 Å². The van der Waals surface area contributed by atoms with E-state index in [0.29, 0.717) is 0 Å². The van der Waals surface area contributed by atoms with Gasteiger partial charge < -0.3 is 15.0 Å². The number of rotatable bonds is 5. The number of nitrogens with one attached hydrogen (secondary N) is 1. The highest BCUT2D eigenvalue weighted by molar-refractivity contribution is 5.52. The van der Waals surface area contributed by atoms with Crippen molar-refractivity contribution in [1.29, 1.82) is 0 Å². The Labute approximate surface area is 122 Å². The van der Waals surface area contributed by atoms with Gasteiger partial charge >= 0.3 is 0 Å². The molecule has 20 heavy (non-hydrogen) atoms. The first-order valence-corrected chi connectivity index (χ1v) is 7.66. The molecule has 1 aliphatic heterocycles. The lowest BCUT2D eigenvalue weighted by Crippen LogP contribution is -2.42. The van der Waals surface area contributed by atoms with E-state index in [9.17, 15) is 0 Å². The molecule has 2 rings (SSSR count). The molecule has 1 aromatic heterocycles. The van der Waals surface area contributed by atoms with Gasteiger partial charge in [-0.2, -0.15) is 0 Å². The number of nitrogens with zero attached hydrogens (tertiary/aromatic N) is 2. The molecule has 1 aliphatic rings. The number of aromatic nitrogens is 1. The van der Waals surface area contributed by atoms with Crippen molar-refractivity contribution in [3.05, 3.63) is 22.9 Å². The van der Waals surface area contributed by atoms with Gasteiger partial charge in [-0.25, -0.2) is 4.98 Å². The molecule has 0 aromatic carbocycles. The van der Waals surface area contributed by atoms with Gasteiger partial charge in [0.25, 0.3) is 0 Å². The molecule has 1 atom stereocenters. The lowest BCUT2D eigenvalue weighted by molar-refractivity contribution is 0.0528. The van der Waals surface area contributed by atoms with E-state index < -0.39 is 0 Å². The minimum absolute atomic E-state index is 0.280. The van der Waals surface area contributed by atoms with E-state index in [-0.39, 0.29) is 6.10 Å². The van der Waals surface area contributed by atoms with Crippen LogP contribution in [0.25, 0.3) is 0 Å². The summed E-state index contributed by atoms with van der Waals surface area (Å²) in [5.74, 6) is 1.14. The van der Waals surface area contributed by atoms with E-state index in [2.05, 4.69) is 44.0 Å². The molecule has 2 heterocycles. The minimum Gasteiger partial charge on any atom is -0.375 e. The normalized spacial score (nSPS) is 19.4. The number of hydrogen-bond donors (Lipinski definition) is 1. The molecular weight excluding hydrogens is 250 g/mol. The zero-order valence-corrected chi connectivity index (χ0v) is 13.2. The number of morpholine rings is 1. The van der Waals surface area contributed by atoms with E-state index in [0.717, 1.165) is 50.7 Å². The first-order chi connectivity index (χ1) is 9.61. The average molecular weight is 277 g/mol. The van der Waals surface area contributed by atoms with Crippen molar-refractivity contribution >= 4 is 5.82 Å². The summed E-state index contributed by atoms with van der Waals surface area (Å²) in [5.41, 5.74) is 3.75. The summed E-state index contributed by atoms with van der Waals surface area (Å²) in [6.07, 6.45) is 1.44. The first kappa shape index (κ1) is 15.3. The van der Waals surface area contributed by atoms with Crippen LogP contribution in [0.2, 0.25) is 0 Å². The minimum atomic E-state index is 0.280. The SMILES string of the molecule is CCCNCc1c(C)cc(C)nc1N1CCOC(C)C1. The van der Waals surface area contributed by atoms with Crippen molar-refractivity contribution < 1.29 is 4.74 Å². The van der Waals surface area contributed by atoms with Crippen molar-refractivity contribution in [2.45, 2.75) is 46.8 Å². The summed E-state index contributed by atoms with van der Waals surface area (Å²) in [7, 11) is 0. The monoisotopic (exact) mass is 277 g/mol. The Morgan fingerprint density at radius 2 is 2.25 bits per heavy atom. The molecule has 4 heteroatoms. The highest BCUT2D eigenvalue weighted by Gasteiger charge is 2.21. The van der Waals surface area contributed by atoms with E-state index in [1.54, 1.807) is 0 Å². The van der Waals surface area contributed by atoms with Crippen LogP contribution in [0.5, 0.6) is 0 Å². The second-order valence-electron chi connectivity index (χ2n) is 5.69. The van der Waals surface area contributed by atoms with Crippen LogP contribution in [0.15, 0.2) is 6.07 Å². The lowest BCUT2D eigenvalue weighted by Gasteiger charge is -2.34. The predicted molar refractivity (Wildman–Crippen MR) is 83.3 cm³/mol. The van der Waals surface area contributed by atoms with Gasteiger partial charge in [-0.05, 0) is 45.4 Å². The third-order valence-electron chi connectivity index (χ3n) is 3.72. The summed E-state index contributed by atoms with van der Waals surface area (Å²) in [4.78, 5) is 7.17. The smallest absolute Gasteiger partial charge is 0.133 e. The van der Waals surface area contributed by atoms with Crippen LogP contribution in [0.3, 0.4) is 0 Å². The van der Waals surface area contributed by atoms with E-state index >= 15 is 0 Å². The van der Waals surface area contributed by atoms with Crippen molar-refractivity contribution in [2.75, 3.05) is 31.1 Å². The van der Waals surface area contributed by atoms with E-state index in [4.69, 9.17) is 9.72 Å². The Morgan fingerprint density at radius 1 is 1.45 bits per heavy atom. The fourth-order valence-electron chi connectivity index (χ4n) is 2.72. The standard InChI is InChI=1S/C16H27N3O/c1-5-6-17-10-15-12(2)9-13(3)18-16(15)19-7-8-20-14(4)11-19/h9,14,17H,5-8,10-11H2,1-4H3. The topological polar surface area (TPSA) is 37.4 Å². The van der Waals surface area contributed by atoms with Crippen molar-refractivity contribution in [3.63, 3.8) is 0 Å². The largest absolute Gasteiger partial charge is 0.375 e. The molecule has 0 aliphatic carbocycles. The fourth-order valence-corrected chi connectivity index (χ4v) is 2.72. The first-order valence-electron chi connectivity index (χ1n) is 7.66. The molecule has 1 unspecified atom stereocenters. The molecule has 1 fully saturated rings. The highest BCUT2D eigenvalue weighted by atomic mass is 16.5. The van der Waals surface area contributed by atoms with E-state index in [1.165, 1.54) is 11.1 Å². The second-order valence-corrected chi connectivity index (χ2v) is 5.69. The molecule has 1 N–H and O–H groups in total. The summed E-state index contributed by atoms with van der Waals surface area (Å²) < 4.78 is 5.64. The molecular formula is C16H27N3O. The fraction of sp³-hybridized carbons (Fsp3) is 0.688. The number of aryl methyl sites for hydroxylation is 2.